The van der Waals surface area contributed by atoms with Crippen LogP contribution >= 0.6 is 22.7 Å². The molecule has 0 radical (unpaired) electrons. The van der Waals surface area contributed by atoms with Crippen LogP contribution in [-0.4, -0.2) is 11.6 Å². The van der Waals surface area contributed by atoms with E-state index < -0.39 is 0 Å². The summed E-state index contributed by atoms with van der Waals surface area (Å²) in [5.41, 5.74) is 2.49. The number of ketones is 2. The van der Waals surface area contributed by atoms with Gasteiger partial charge in [-0.25, -0.2) is 0 Å². The molecule has 0 saturated carbocycles. The van der Waals surface area contributed by atoms with Crippen molar-refractivity contribution in [2.24, 2.45) is 0 Å². The molecule has 0 fully saturated rings. The van der Waals surface area contributed by atoms with Crippen LogP contribution in [0, 0.1) is 23.7 Å². The molecule has 2 heterocycles. The van der Waals surface area contributed by atoms with Crippen molar-refractivity contribution in [3.8, 4) is 33.4 Å². The van der Waals surface area contributed by atoms with E-state index >= 15 is 0 Å². The topological polar surface area (TPSA) is 34.1 Å². The Morgan fingerprint density at radius 2 is 1.30 bits per heavy atom. The molecule has 3 aromatic rings. The van der Waals surface area contributed by atoms with Crippen molar-refractivity contribution in [2.45, 2.75) is 20.8 Å². The summed E-state index contributed by atoms with van der Waals surface area (Å²) in [6.07, 6.45) is 0. The number of hydrogen-bond acceptors (Lipinski definition) is 4. The normalized spacial score (nSPS) is 9.74. The lowest BCUT2D eigenvalue weighted by molar-refractivity contribution is 0.101. The molecule has 0 amide bonds. The van der Waals surface area contributed by atoms with Crippen LogP contribution in [-0.2, 0) is 0 Å². The van der Waals surface area contributed by atoms with Gasteiger partial charge in [0.15, 0.2) is 11.6 Å². The number of benzene rings is 1. The second-order valence-corrected chi connectivity index (χ2v) is 7.91. The van der Waals surface area contributed by atoms with Crippen LogP contribution in [0.15, 0.2) is 42.5 Å². The molecule has 0 aliphatic rings. The summed E-state index contributed by atoms with van der Waals surface area (Å²) >= 11 is 2.80. The van der Waals surface area contributed by atoms with E-state index in [9.17, 15) is 9.59 Å². The maximum Gasteiger partial charge on any atom is 0.169 e. The van der Waals surface area contributed by atoms with Gasteiger partial charge in [0.1, 0.15) is 0 Å². The standard InChI is InChI=1S/C23H16O2S2/c1-4-8-18-13-20(15(2)24)26-22(18)23-19(14-21(27-23)16(3)25)12-11-17-9-6-5-7-10-17/h5-7,9-10,13-14H,1-3H3. The largest absolute Gasteiger partial charge is 0.294 e. The van der Waals surface area contributed by atoms with Crippen molar-refractivity contribution in [1.82, 2.24) is 0 Å². The van der Waals surface area contributed by atoms with Crippen LogP contribution in [0.4, 0.5) is 0 Å². The fraction of sp³-hybridized carbons (Fsp3) is 0.130. The molecule has 3 rings (SSSR count). The average Bonchev–Trinajstić information content (AvgIpc) is 3.25. The van der Waals surface area contributed by atoms with Crippen molar-refractivity contribution in [1.29, 1.82) is 0 Å². The lowest BCUT2D eigenvalue weighted by Gasteiger charge is -1.96. The third kappa shape index (κ3) is 4.26. The Balaban J connectivity index is 2.18. The first kappa shape index (κ1) is 18.9. The summed E-state index contributed by atoms with van der Waals surface area (Å²) in [5, 5.41) is 0. The summed E-state index contributed by atoms with van der Waals surface area (Å²) in [5.74, 6) is 12.3. The van der Waals surface area contributed by atoms with Crippen molar-refractivity contribution >= 4 is 34.2 Å². The summed E-state index contributed by atoms with van der Waals surface area (Å²) < 4.78 is 0. The third-order valence-corrected chi connectivity index (χ3v) is 6.38. The van der Waals surface area contributed by atoms with E-state index in [0.29, 0.717) is 9.75 Å². The molecule has 132 valence electrons. The molecule has 0 unspecified atom stereocenters. The van der Waals surface area contributed by atoms with Gasteiger partial charge in [-0.3, -0.25) is 9.59 Å². The second kappa shape index (κ2) is 8.18. The van der Waals surface area contributed by atoms with Crippen molar-refractivity contribution in [3.63, 3.8) is 0 Å². The average molecular weight is 389 g/mol. The molecule has 27 heavy (non-hydrogen) atoms. The van der Waals surface area contributed by atoms with Gasteiger partial charge in [0.05, 0.1) is 19.5 Å². The first-order chi connectivity index (χ1) is 13.0. The van der Waals surface area contributed by atoms with Gasteiger partial charge in [0.25, 0.3) is 0 Å². The Labute approximate surface area is 166 Å². The van der Waals surface area contributed by atoms with E-state index in [2.05, 4.69) is 23.7 Å². The van der Waals surface area contributed by atoms with Crippen LogP contribution < -0.4 is 0 Å². The zero-order chi connectivity index (χ0) is 19.4. The molecular weight excluding hydrogens is 372 g/mol. The quantitative estimate of drug-likeness (QED) is 0.429. The van der Waals surface area contributed by atoms with E-state index in [0.717, 1.165) is 26.4 Å². The first-order valence-electron chi connectivity index (χ1n) is 8.29. The van der Waals surface area contributed by atoms with Gasteiger partial charge in [0, 0.05) is 16.7 Å². The molecular formula is C23H16O2S2. The highest BCUT2D eigenvalue weighted by molar-refractivity contribution is 7.24. The van der Waals surface area contributed by atoms with Crippen LogP contribution in [0.25, 0.3) is 9.75 Å². The summed E-state index contributed by atoms with van der Waals surface area (Å²) in [6.45, 7) is 4.86. The van der Waals surface area contributed by atoms with E-state index in [1.54, 1.807) is 20.8 Å². The summed E-state index contributed by atoms with van der Waals surface area (Å²) in [6, 6.07) is 13.4. The second-order valence-electron chi connectivity index (χ2n) is 5.81. The maximum absolute atomic E-state index is 11.9. The first-order valence-corrected chi connectivity index (χ1v) is 9.92. The highest BCUT2D eigenvalue weighted by atomic mass is 32.1. The van der Waals surface area contributed by atoms with Crippen LogP contribution in [0.5, 0.6) is 0 Å². The van der Waals surface area contributed by atoms with Crippen molar-refractivity contribution in [2.75, 3.05) is 0 Å². The van der Waals surface area contributed by atoms with Crippen molar-refractivity contribution < 1.29 is 9.59 Å². The molecule has 2 nitrogen and oxygen atoms in total. The highest BCUT2D eigenvalue weighted by Gasteiger charge is 2.19. The van der Waals surface area contributed by atoms with Crippen LogP contribution in [0.3, 0.4) is 0 Å². The van der Waals surface area contributed by atoms with E-state index in [1.165, 1.54) is 22.7 Å². The lowest BCUT2D eigenvalue weighted by Crippen LogP contribution is -1.84. The van der Waals surface area contributed by atoms with Gasteiger partial charge in [-0.2, -0.15) is 0 Å². The zero-order valence-electron chi connectivity index (χ0n) is 15.2. The number of carbonyl (C=O) groups is 2. The van der Waals surface area contributed by atoms with Gasteiger partial charge in [0.2, 0.25) is 0 Å². The minimum atomic E-state index is 0.000448. The predicted octanol–water partition coefficient (Wildman–Crippen LogP) is 5.65. The monoisotopic (exact) mass is 388 g/mol. The number of hydrogen-bond donors (Lipinski definition) is 0. The minimum absolute atomic E-state index is 0.000448. The number of carbonyl (C=O) groups excluding carboxylic acids is 2. The van der Waals surface area contributed by atoms with Gasteiger partial charge >= 0.3 is 0 Å². The summed E-state index contributed by atoms with van der Waals surface area (Å²) in [4.78, 5) is 26.8. The summed E-state index contributed by atoms with van der Waals surface area (Å²) in [7, 11) is 0. The molecule has 4 heteroatoms. The van der Waals surface area contributed by atoms with E-state index in [1.807, 2.05) is 42.5 Å². The van der Waals surface area contributed by atoms with Crippen LogP contribution in [0.1, 0.15) is 56.8 Å². The Morgan fingerprint density at radius 3 is 1.78 bits per heavy atom. The Bertz CT molecular complexity index is 1140. The van der Waals surface area contributed by atoms with Gasteiger partial charge in [-0.1, -0.05) is 36.0 Å². The molecule has 0 spiro atoms. The van der Waals surface area contributed by atoms with E-state index in [4.69, 9.17) is 0 Å². The number of Topliss-reactive ketones (excluding diaryl/α,β-unsaturated/α-hetero) is 2. The number of rotatable bonds is 3. The van der Waals surface area contributed by atoms with Crippen LogP contribution in [0.2, 0.25) is 0 Å². The van der Waals surface area contributed by atoms with Gasteiger partial charge in [-0.15, -0.1) is 28.6 Å². The molecule has 1 aromatic carbocycles. The number of thiophene rings is 2. The zero-order valence-corrected chi connectivity index (χ0v) is 16.8. The Kier molecular flexibility index (Phi) is 5.72. The SMILES string of the molecule is CC#Cc1cc(C(C)=O)sc1-c1sc(C(C)=O)cc1C#Cc1ccccc1. The Hall–Kier alpha value is -2.92. The van der Waals surface area contributed by atoms with Gasteiger partial charge < -0.3 is 0 Å². The minimum Gasteiger partial charge on any atom is -0.294 e. The highest BCUT2D eigenvalue weighted by Crippen LogP contribution is 2.40. The fourth-order valence-corrected chi connectivity index (χ4v) is 4.62. The molecule has 0 bridgehead atoms. The third-order valence-electron chi connectivity index (χ3n) is 3.74. The molecule has 0 aliphatic heterocycles. The fourth-order valence-electron chi connectivity index (χ4n) is 2.45. The van der Waals surface area contributed by atoms with E-state index in [-0.39, 0.29) is 11.6 Å². The molecule has 2 aromatic heterocycles. The molecule has 0 atom stereocenters. The maximum atomic E-state index is 11.9. The van der Waals surface area contributed by atoms with Crippen molar-refractivity contribution in [3.05, 3.63) is 68.9 Å². The predicted molar refractivity (Wildman–Crippen MR) is 113 cm³/mol. The molecule has 0 saturated heterocycles. The molecule has 0 aliphatic carbocycles. The van der Waals surface area contributed by atoms with Gasteiger partial charge in [-0.05, 0) is 45.0 Å². The smallest absolute Gasteiger partial charge is 0.169 e. The molecule has 0 N–H and O–H groups in total. The lowest BCUT2D eigenvalue weighted by atomic mass is 10.1. The Morgan fingerprint density at radius 1 is 0.778 bits per heavy atom.